The maximum atomic E-state index is 13.0. The van der Waals surface area contributed by atoms with E-state index >= 15 is 0 Å². The molecule has 31 heavy (non-hydrogen) atoms. The van der Waals surface area contributed by atoms with Gasteiger partial charge in [0.1, 0.15) is 11.8 Å². The standard InChI is InChI=1S/C24H34N4O3/c1-19(2)22(18-25)26-13-15-28(16-14-26)24(30)20-8-11-27(12-9-20)23(29)10-17-31-21-6-4-3-5-7-21/h3-7,19-20,22H,8-17H2,1-2H3. The number of likely N-dealkylation sites (tertiary alicyclic amines) is 1. The highest BCUT2D eigenvalue weighted by atomic mass is 16.5. The van der Waals surface area contributed by atoms with Crippen LogP contribution >= 0.6 is 0 Å². The smallest absolute Gasteiger partial charge is 0.225 e. The maximum absolute atomic E-state index is 13.0. The monoisotopic (exact) mass is 426 g/mol. The first-order valence-electron chi connectivity index (χ1n) is 11.4. The largest absolute Gasteiger partial charge is 0.493 e. The van der Waals surface area contributed by atoms with Crippen LogP contribution in [0.3, 0.4) is 0 Å². The van der Waals surface area contributed by atoms with Gasteiger partial charge >= 0.3 is 0 Å². The number of ether oxygens (including phenoxy) is 1. The average Bonchev–Trinajstić information content (AvgIpc) is 2.80. The van der Waals surface area contributed by atoms with Crippen LogP contribution in [-0.2, 0) is 9.59 Å². The van der Waals surface area contributed by atoms with Crippen molar-refractivity contribution in [1.29, 1.82) is 5.26 Å². The molecule has 0 spiro atoms. The van der Waals surface area contributed by atoms with Gasteiger partial charge in [-0.25, -0.2) is 0 Å². The summed E-state index contributed by atoms with van der Waals surface area (Å²) in [6.45, 7) is 8.62. The summed E-state index contributed by atoms with van der Waals surface area (Å²) in [6, 6.07) is 11.8. The maximum Gasteiger partial charge on any atom is 0.225 e. The molecule has 1 atom stereocenters. The number of nitrogens with zero attached hydrogens (tertiary/aromatic N) is 4. The van der Waals surface area contributed by atoms with E-state index in [2.05, 4.69) is 24.8 Å². The third kappa shape index (κ3) is 6.20. The summed E-state index contributed by atoms with van der Waals surface area (Å²) >= 11 is 0. The van der Waals surface area contributed by atoms with Crippen molar-refractivity contribution in [3.05, 3.63) is 30.3 Å². The number of carbonyl (C=O) groups excluding carboxylic acids is 2. The van der Waals surface area contributed by atoms with Gasteiger partial charge in [0.25, 0.3) is 0 Å². The van der Waals surface area contributed by atoms with E-state index in [1.165, 1.54) is 0 Å². The number of hydrogen-bond acceptors (Lipinski definition) is 5. The molecular weight excluding hydrogens is 392 g/mol. The average molecular weight is 427 g/mol. The zero-order valence-corrected chi connectivity index (χ0v) is 18.7. The lowest BCUT2D eigenvalue weighted by Gasteiger charge is -2.40. The minimum Gasteiger partial charge on any atom is -0.493 e. The van der Waals surface area contributed by atoms with Gasteiger partial charge in [0, 0.05) is 45.2 Å². The number of nitriles is 1. The van der Waals surface area contributed by atoms with Crippen molar-refractivity contribution in [1.82, 2.24) is 14.7 Å². The van der Waals surface area contributed by atoms with Crippen molar-refractivity contribution in [2.75, 3.05) is 45.9 Å². The van der Waals surface area contributed by atoms with Crippen LogP contribution in [0, 0.1) is 23.2 Å². The van der Waals surface area contributed by atoms with E-state index in [4.69, 9.17) is 4.74 Å². The number of para-hydroxylation sites is 1. The Hall–Kier alpha value is -2.59. The van der Waals surface area contributed by atoms with Crippen molar-refractivity contribution < 1.29 is 14.3 Å². The fourth-order valence-corrected chi connectivity index (χ4v) is 4.44. The van der Waals surface area contributed by atoms with Gasteiger partial charge in [0.05, 0.1) is 19.1 Å². The van der Waals surface area contributed by atoms with Gasteiger partial charge in [-0.2, -0.15) is 5.26 Å². The fourth-order valence-electron chi connectivity index (χ4n) is 4.44. The van der Waals surface area contributed by atoms with E-state index in [-0.39, 0.29) is 29.7 Å². The lowest BCUT2D eigenvalue weighted by atomic mass is 9.94. The molecule has 0 bridgehead atoms. The molecule has 7 heteroatoms. The van der Waals surface area contributed by atoms with Gasteiger partial charge in [-0.1, -0.05) is 32.0 Å². The molecule has 3 rings (SSSR count). The van der Waals surface area contributed by atoms with Crippen LogP contribution in [-0.4, -0.2) is 78.4 Å². The van der Waals surface area contributed by atoms with E-state index in [1.54, 1.807) is 0 Å². The van der Waals surface area contributed by atoms with Crippen LogP contribution in [0.2, 0.25) is 0 Å². The fraction of sp³-hybridized carbons (Fsp3) is 0.625. The molecule has 2 aliphatic heterocycles. The molecule has 0 N–H and O–H groups in total. The van der Waals surface area contributed by atoms with Crippen LogP contribution in [0.25, 0.3) is 0 Å². The molecule has 2 fully saturated rings. The lowest BCUT2D eigenvalue weighted by molar-refractivity contribution is -0.142. The number of piperidine rings is 1. The highest BCUT2D eigenvalue weighted by Crippen LogP contribution is 2.22. The van der Waals surface area contributed by atoms with Gasteiger partial charge in [-0.15, -0.1) is 0 Å². The normalized spacial score (nSPS) is 19.2. The van der Waals surface area contributed by atoms with Gasteiger partial charge in [-0.3, -0.25) is 14.5 Å². The van der Waals surface area contributed by atoms with Gasteiger partial charge in [0.2, 0.25) is 11.8 Å². The minimum absolute atomic E-state index is 0.00645. The van der Waals surface area contributed by atoms with Crippen LogP contribution in [0.5, 0.6) is 5.75 Å². The third-order valence-electron chi connectivity index (χ3n) is 6.31. The molecule has 0 radical (unpaired) electrons. The topological polar surface area (TPSA) is 76.9 Å². The first-order chi connectivity index (χ1) is 15.0. The second kappa shape index (κ2) is 11.1. The van der Waals surface area contributed by atoms with Crippen molar-refractivity contribution >= 4 is 11.8 Å². The SMILES string of the molecule is CC(C)C(C#N)N1CCN(C(=O)C2CCN(C(=O)CCOc3ccccc3)CC2)CC1. The molecule has 168 valence electrons. The van der Waals surface area contributed by atoms with Crippen molar-refractivity contribution in [2.45, 2.75) is 39.2 Å². The molecular formula is C24H34N4O3. The quantitative estimate of drug-likeness (QED) is 0.669. The Bertz CT molecular complexity index is 761. The Morgan fingerprint density at radius 1 is 1.03 bits per heavy atom. The molecule has 1 aromatic carbocycles. The molecule has 7 nitrogen and oxygen atoms in total. The Labute approximate surface area is 185 Å². The first kappa shape index (κ1) is 23.1. The molecule has 0 saturated carbocycles. The van der Waals surface area contributed by atoms with Crippen molar-refractivity contribution in [3.63, 3.8) is 0 Å². The predicted molar refractivity (Wildman–Crippen MR) is 118 cm³/mol. The Kier molecular flexibility index (Phi) is 8.30. The molecule has 2 heterocycles. The van der Waals surface area contributed by atoms with Gasteiger partial charge in [0.15, 0.2) is 0 Å². The Morgan fingerprint density at radius 3 is 2.26 bits per heavy atom. The van der Waals surface area contributed by atoms with Crippen LogP contribution in [0.4, 0.5) is 0 Å². The number of hydrogen-bond donors (Lipinski definition) is 0. The molecule has 2 amide bonds. The molecule has 0 aliphatic carbocycles. The lowest BCUT2D eigenvalue weighted by Crippen LogP contribution is -2.54. The molecule has 2 saturated heterocycles. The van der Waals surface area contributed by atoms with Gasteiger partial charge < -0.3 is 14.5 Å². The summed E-state index contributed by atoms with van der Waals surface area (Å²) in [6.07, 6.45) is 1.79. The first-order valence-corrected chi connectivity index (χ1v) is 11.4. The van der Waals surface area contributed by atoms with E-state index < -0.39 is 0 Å². The Balaban J connectivity index is 1.38. The minimum atomic E-state index is -0.0858. The van der Waals surface area contributed by atoms with E-state index in [0.717, 1.165) is 31.7 Å². The Morgan fingerprint density at radius 2 is 1.68 bits per heavy atom. The van der Waals surface area contributed by atoms with Crippen molar-refractivity contribution in [2.24, 2.45) is 11.8 Å². The highest BCUT2D eigenvalue weighted by Gasteiger charge is 2.33. The summed E-state index contributed by atoms with van der Waals surface area (Å²) in [5.74, 6) is 1.35. The third-order valence-corrected chi connectivity index (χ3v) is 6.31. The molecule has 1 unspecified atom stereocenters. The van der Waals surface area contributed by atoms with Crippen molar-refractivity contribution in [3.8, 4) is 11.8 Å². The molecule has 2 aliphatic rings. The van der Waals surface area contributed by atoms with E-state index in [1.807, 2.05) is 40.1 Å². The summed E-state index contributed by atoms with van der Waals surface area (Å²) in [7, 11) is 0. The van der Waals surface area contributed by atoms with Crippen LogP contribution < -0.4 is 4.74 Å². The second-order valence-electron chi connectivity index (χ2n) is 8.75. The van der Waals surface area contributed by atoms with Gasteiger partial charge in [-0.05, 0) is 30.9 Å². The van der Waals surface area contributed by atoms with Crippen LogP contribution in [0.15, 0.2) is 30.3 Å². The van der Waals surface area contributed by atoms with E-state index in [0.29, 0.717) is 39.2 Å². The number of amides is 2. The number of benzene rings is 1. The number of piperazine rings is 1. The highest BCUT2D eigenvalue weighted by molar-refractivity contribution is 5.80. The summed E-state index contributed by atoms with van der Waals surface area (Å²) in [5.41, 5.74) is 0. The van der Waals surface area contributed by atoms with E-state index in [9.17, 15) is 14.9 Å². The predicted octanol–water partition coefficient (Wildman–Crippen LogP) is 2.39. The number of rotatable bonds is 7. The summed E-state index contributed by atoms with van der Waals surface area (Å²) in [5, 5.41) is 9.40. The molecule has 0 aromatic heterocycles. The van der Waals surface area contributed by atoms with Crippen LogP contribution in [0.1, 0.15) is 33.1 Å². The number of carbonyl (C=O) groups is 2. The summed E-state index contributed by atoms with van der Waals surface area (Å²) < 4.78 is 5.62. The summed E-state index contributed by atoms with van der Waals surface area (Å²) in [4.78, 5) is 31.4. The molecule has 1 aromatic rings. The zero-order chi connectivity index (χ0) is 22.2. The zero-order valence-electron chi connectivity index (χ0n) is 18.7. The second-order valence-corrected chi connectivity index (χ2v) is 8.75.